The molecule has 0 radical (unpaired) electrons. The first-order valence-corrected chi connectivity index (χ1v) is 8.17. The van der Waals surface area contributed by atoms with Crippen LogP contribution in [0.3, 0.4) is 0 Å². The molecule has 1 saturated heterocycles. The van der Waals surface area contributed by atoms with Gasteiger partial charge < -0.3 is 19.4 Å². The van der Waals surface area contributed by atoms with Crippen LogP contribution in [0.2, 0.25) is 0 Å². The molecule has 0 bridgehead atoms. The lowest BCUT2D eigenvalue weighted by Crippen LogP contribution is -2.55. The number of carbonyl (C=O) groups is 2. The van der Waals surface area contributed by atoms with Crippen molar-refractivity contribution in [3.05, 3.63) is 17.3 Å². The maximum Gasteiger partial charge on any atom is 0.410 e. The van der Waals surface area contributed by atoms with E-state index in [0.717, 1.165) is 0 Å². The van der Waals surface area contributed by atoms with Crippen LogP contribution >= 0.6 is 0 Å². The Hall–Kier alpha value is -2.05. The Balaban J connectivity index is 2.09. The first-order chi connectivity index (χ1) is 10.9. The third kappa shape index (κ3) is 3.71. The van der Waals surface area contributed by atoms with Crippen LogP contribution in [-0.2, 0) is 4.74 Å². The average molecular weight is 337 g/mol. The SMILES string of the molecule is Cc1nc(C(=O)N[C@@H]2CCN(C(=O)OC(C)(C)C)C2(C)C)c(C)o1. The molecule has 2 rings (SSSR count). The van der Waals surface area contributed by atoms with Crippen molar-refractivity contribution in [3.8, 4) is 0 Å². The van der Waals surface area contributed by atoms with Crippen LogP contribution in [0.1, 0.15) is 63.2 Å². The summed E-state index contributed by atoms with van der Waals surface area (Å²) in [4.78, 5) is 30.6. The fourth-order valence-corrected chi connectivity index (χ4v) is 2.95. The van der Waals surface area contributed by atoms with E-state index >= 15 is 0 Å². The summed E-state index contributed by atoms with van der Waals surface area (Å²) in [5, 5.41) is 2.98. The minimum absolute atomic E-state index is 0.186. The molecule has 0 aliphatic carbocycles. The molecule has 0 aromatic carbocycles. The molecular formula is C17H27N3O4. The number of nitrogens with one attached hydrogen (secondary N) is 1. The van der Waals surface area contributed by atoms with Crippen molar-refractivity contribution < 1.29 is 18.7 Å². The van der Waals surface area contributed by atoms with E-state index in [9.17, 15) is 9.59 Å². The number of carbonyl (C=O) groups excluding carboxylic acids is 2. The highest BCUT2D eigenvalue weighted by Gasteiger charge is 2.46. The van der Waals surface area contributed by atoms with Gasteiger partial charge in [-0.3, -0.25) is 4.79 Å². The number of nitrogens with zero attached hydrogens (tertiary/aromatic N) is 2. The Morgan fingerprint density at radius 2 is 1.96 bits per heavy atom. The number of amides is 2. The van der Waals surface area contributed by atoms with Crippen LogP contribution in [0, 0.1) is 13.8 Å². The van der Waals surface area contributed by atoms with E-state index in [0.29, 0.717) is 30.3 Å². The number of hydrogen-bond donors (Lipinski definition) is 1. The van der Waals surface area contributed by atoms with E-state index in [1.807, 2.05) is 34.6 Å². The van der Waals surface area contributed by atoms with Crippen molar-refractivity contribution in [2.75, 3.05) is 6.54 Å². The molecule has 1 aliphatic heterocycles. The molecule has 0 unspecified atom stereocenters. The molecular weight excluding hydrogens is 310 g/mol. The van der Waals surface area contributed by atoms with E-state index in [-0.39, 0.29) is 18.0 Å². The summed E-state index contributed by atoms with van der Waals surface area (Å²) in [6, 6.07) is -0.186. The fraction of sp³-hybridized carbons (Fsp3) is 0.706. The van der Waals surface area contributed by atoms with Crippen molar-refractivity contribution in [2.45, 2.75) is 72.1 Å². The zero-order chi connectivity index (χ0) is 18.3. The summed E-state index contributed by atoms with van der Waals surface area (Å²) < 4.78 is 10.8. The van der Waals surface area contributed by atoms with Gasteiger partial charge >= 0.3 is 6.09 Å². The molecule has 7 heteroatoms. The zero-order valence-electron chi connectivity index (χ0n) is 15.5. The second kappa shape index (κ2) is 6.11. The smallest absolute Gasteiger partial charge is 0.410 e. The number of hydrogen-bond acceptors (Lipinski definition) is 5. The Morgan fingerprint density at radius 1 is 1.33 bits per heavy atom. The number of oxazole rings is 1. The van der Waals surface area contributed by atoms with Gasteiger partial charge in [0, 0.05) is 13.5 Å². The highest BCUT2D eigenvalue weighted by molar-refractivity contribution is 5.93. The molecule has 134 valence electrons. The Kier molecular flexibility index (Phi) is 4.65. The van der Waals surface area contributed by atoms with Gasteiger partial charge in [0.15, 0.2) is 11.6 Å². The molecule has 2 heterocycles. The number of aryl methyl sites for hydroxylation is 2. The van der Waals surface area contributed by atoms with Gasteiger partial charge in [-0.25, -0.2) is 9.78 Å². The first-order valence-electron chi connectivity index (χ1n) is 8.17. The number of rotatable bonds is 2. The molecule has 24 heavy (non-hydrogen) atoms. The molecule has 0 spiro atoms. The summed E-state index contributed by atoms with van der Waals surface area (Å²) in [7, 11) is 0. The topological polar surface area (TPSA) is 84.7 Å². The third-order valence-electron chi connectivity index (χ3n) is 4.23. The van der Waals surface area contributed by atoms with Crippen molar-refractivity contribution >= 4 is 12.0 Å². The summed E-state index contributed by atoms with van der Waals surface area (Å²) in [5.41, 5.74) is -0.812. The molecule has 1 N–H and O–H groups in total. The van der Waals surface area contributed by atoms with Gasteiger partial charge in [0.05, 0.1) is 11.6 Å². The highest BCUT2D eigenvalue weighted by atomic mass is 16.6. The predicted molar refractivity (Wildman–Crippen MR) is 88.9 cm³/mol. The van der Waals surface area contributed by atoms with Crippen molar-refractivity contribution in [1.29, 1.82) is 0 Å². The van der Waals surface area contributed by atoms with Gasteiger partial charge in [-0.15, -0.1) is 0 Å². The average Bonchev–Trinajstić information content (AvgIpc) is 2.87. The summed E-state index contributed by atoms with van der Waals surface area (Å²) in [6.07, 6.45) is 0.297. The minimum Gasteiger partial charge on any atom is -0.445 e. The zero-order valence-corrected chi connectivity index (χ0v) is 15.5. The van der Waals surface area contributed by atoms with Gasteiger partial charge in [-0.05, 0) is 48.0 Å². The van der Waals surface area contributed by atoms with Crippen molar-refractivity contribution in [2.24, 2.45) is 0 Å². The third-order valence-corrected chi connectivity index (χ3v) is 4.23. The lowest BCUT2D eigenvalue weighted by molar-refractivity contribution is 0.0108. The summed E-state index contributed by atoms with van der Waals surface area (Å²) >= 11 is 0. The van der Waals surface area contributed by atoms with Crippen LogP contribution in [0.15, 0.2) is 4.42 Å². The fourth-order valence-electron chi connectivity index (χ4n) is 2.95. The maximum atomic E-state index is 12.5. The van der Waals surface area contributed by atoms with E-state index in [1.165, 1.54) is 0 Å². The molecule has 1 aromatic rings. The summed E-state index contributed by atoms with van der Waals surface area (Å²) in [6.45, 7) is 13.3. The van der Waals surface area contributed by atoms with Gasteiger partial charge in [0.1, 0.15) is 11.4 Å². The van der Waals surface area contributed by atoms with Crippen molar-refractivity contribution in [3.63, 3.8) is 0 Å². The largest absolute Gasteiger partial charge is 0.445 e. The normalized spacial score (nSPS) is 20.1. The van der Waals surface area contributed by atoms with E-state index < -0.39 is 11.1 Å². The molecule has 0 saturated carbocycles. The molecule has 1 aliphatic rings. The lowest BCUT2D eigenvalue weighted by atomic mass is 9.95. The van der Waals surface area contributed by atoms with Gasteiger partial charge in [-0.1, -0.05) is 0 Å². The van der Waals surface area contributed by atoms with Crippen LogP contribution in [0.4, 0.5) is 4.79 Å². The van der Waals surface area contributed by atoms with Crippen molar-refractivity contribution in [1.82, 2.24) is 15.2 Å². The molecule has 2 amide bonds. The number of aromatic nitrogens is 1. The van der Waals surface area contributed by atoms with Crippen LogP contribution in [0.5, 0.6) is 0 Å². The molecule has 1 atom stereocenters. The Morgan fingerprint density at radius 3 is 2.46 bits per heavy atom. The highest BCUT2D eigenvalue weighted by Crippen LogP contribution is 2.31. The molecule has 1 fully saturated rings. The van der Waals surface area contributed by atoms with Gasteiger partial charge in [0.25, 0.3) is 5.91 Å². The summed E-state index contributed by atoms with van der Waals surface area (Å²) in [5.74, 6) is 0.664. The standard InChI is InChI=1S/C17H27N3O4/c1-10-13(18-11(2)23-10)14(21)19-12-8-9-20(17(12,6)7)15(22)24-16(3,4)5/h12H,8-9H2,1-7H3,(H,19,21)/t12-/m1/s1. The van der Waals surface area contributed by atoms with Gasteiger partial charge in [0.2, 0.25) is 0 Å². The maximum absolute atomic E-state index is 12.5. The second-order valence-corrected chi connectivity index (χ2v) is 7.74. The van der Waals surface area contributed by atoms with E-state index in [1.54, 1.807) is 18.7 Å². The van der Waals surface area contributed by atoms with Gasteiger partial charge in [-0.2, -0.15) is 0 Å². The van der Waals surface area contributed by atoms with E-state index in [4.69, 9.17) is 9.15 Å². The van der Waals surface area contributed by atoms with E-state index in [2.05, 4.69) is 10.3 Å². The molecule has 1 aromatic heterocycles. The second-order valence-electron chi connectivity index (χ2n) is 7.74. The molecule has 7 nitrogen and oxygen atoms in total. The minimum atomic E-state index is -0.552. The monoisotopic (exact) mass is 337 g/mol. The van der Waals surface area contributed by atoms with Crippen LogP contribution in [-0.4, -0.2) is 45.6 Å². The Labute approximate surface area is 142 Å². The number of ether oxygens (including phenoxy) is 1. The Bertz CT molecular complexity index is 643. The predicted octanol–water partition coefficient (Wildman–Crippen LogP) is 2.81. The quantitative estimate of drug-likeness (QED) is 0.897. The lowest BCUT2D eigenvalue weighted by Gasteiger charge is -2.36. The van der Waals surface area contributed by atoms with Crippen LogP contribution in [0.25, 0.3) is 0 Å². The first kappa shape index (κ1) is 18.3. The number of likely N-dealkylation sites (tertiary alicyclic amines) is 1. The van der Waals surface area contributed by atoms with Crippen LogP contribution < -0.4 is 5.32 Å².